The van der Waals surface area contributed by atoms with Gasteiger partial charge >= 0.3 is 11.9 Å². The van der Waals surface area contributed by atoms with Gasteiger partial charge in [-0.15, -0.1) is 0 Å². The van der Waals surface area contributed by atoms with E-state index in [9.17, 15) is 19.6 Å². The van der Waals surface area contributed by atoms with Crippen molar-refractivity contribution in [2.75, 3.05) is 30.6 Å². The molecule has 1 saturated carbocycles. The lowest BCUT2D eigenvalue weighted by Gasteiger charge is -2.37. The number of nitrogens with two attached hydrogens (primary N) is 1. The molecule has 0 saturated heterocycles. The number of nitriles is 1. The van der Waals surface area contributed by atoms with E-state index in [2.05, 4.69) is 6.07 Å². The van der Waals surface area contributed by atoms with Crippen LogP contribution in [-0.2, 0) is 30.3 Å². The number of esters is 2. The number of hydrogen-bond donors (Lipinski definition) is 1. The standard InChI is InChI=1S/C29H28N4O5/c1-37-28(35)24-23(17-7-4-3-5-8-17)21(16-30)26(31)33(25(24)29(36)38-2)20-12-13-22-19(15-20)9-6-14-32(22)27(34)18-10-11-18/h3-5,7-8,12-13,15,18,23H,6,9-11,14,31H2,1-2H3. The molecule has 194 valence electrons. The van der Waals surface area contributed by atoms with Crippen LogP contribution in [0.5, 0.6) is 0 Å². The maximum Gasteiger partial charge on any atom is 0.355 e. The number of aryl methyl sites for hydroxylation is 1. The summed E-state index contributed by atoms with van der Waals surface area (Å²) in [6, 6.07) is 16.5. The molecular formula is C29H28N4O5. The van der Waals surface area contributed by atoms with Gasteiger partial charge in [0.25, 0.3) is 0 Å². The molecule has 1 aliphatic carbocycles. The summed E-state index contributed by atoms with van der Waals surface area (Å²) in [6.07, 6.45) is 3.36. The Morgan fingerprint density at radius 2 is 1.74 bits per heavy atom. The van der Waals surface area contributed by atoms with Crippen molar-refractivity contribution in [2.45, 2.75) is 31.6 Å². The van der Waals surface area contributed by atoms with Crippen LogP contribution in [0.4, 0.5) is 11.4 Å². The van der Waals surface area contributed by atoms with Gasteiger partial charge in [-0.3, -0.25) is 9.69 Å². The first-order valence-electron chi connectivity index (χ1n) is 12.5. The fourth-order valence-electron chi connectivity index (χ4n) is 5.28. The molecule has 2 N–H and O–H groups in total. The molecule has 3 aliphatic rings. The zero-order valence-electron chi connectivity index (χ0n) is 21.3. The maximum atomic E-state index is 13.3. The lowest BCUT2D eigenvalue weighted by molar-refractivity contribution is -0.139. The van der Waals surface area contributed by atoms with E-state index in [-0.39, 0.29) is 34.5 Å². The number of hydrogen-bond acceptors (Lipinski definition) is 8. The number of anilines is 2. The van der Waals surface area contributed by atoms with Gasteiger partial charge in [0.15, 0.2) is 0 Å². The second-order valence-corrected chi connectivity index (χ2v) is 9.52. The molecule has 1 atom stereocenters. The lowest BCUT2D eigenvalue weighted by atomic mass is 9.81. The van der Waals surface area contributed by atoms with Crippen LogP contribution in [0, 0.1) is 17.2 Å². The van der Waals surface area contributed by atoms with Crippen molar-refractivity contribution in [2.24, 2.45) is 11.7 Å². The van der Waals surface area contributed by atoms with Crippen LogP contribution < -0.4 is 15.5 Å². The van der Waals surface area contributed by atoms with Crippen LogP contribution in [0.25, 0.3) is 0 Å². The van der Waals surface area contributed by atoms with Crippen molar-refractivity contribution in [1.29, 1.82) is 5.26 Å². The van der Waals surface area contributed by atoms with Gasteiger partial charge in [-0.2, -0.15) is 5.26 Å². The topological polar surface area (TPSA) is 126 Å². The van der Waals surface area contributed by atoms with E-state index < -0.39 is 17.9 Å². The number of methoxy groups -OCH3 is 2. The monoisotopic (exact) mass is 512 g/mol. The maximum absolute atomic E-state index is 13.3. The van der Waals surface area contributed by atoms with Gasteiger partial charge in [0.05, 0.1) is 37.4 Å². The molecule has 9 heteroatoms. The van der Waals surface area contributed by atoms with E-state index in [1.165, 1.54) is 19.1 Å². The minimum atomic E-state index is -0.928. The summed E-state index contributed by atoms with van der Waals surface area (Å²) in [7, 11) is 2.43. The Hall–Kier alpha value is -4.58. The molecule has 2 aliphatic heterocycles. The highest BCUT2D eigenvalue weighted by molar-refractivity contribution is 6.06. The lowest BCUT2D eigenvalue weighted by Crippen LogP contribution is -2.41. The van der Waals surface area contributed by atoms with E-state index in [0.717, 1.165) is 36.9 Å². The Morgan fingerprint density at radius 1 is 1.03 bits per heavy atom. The molecule has 0 bridgehead atoms. The molecule has 0 radical (unpaired) electrons. The zero-order valence-corrected chi connectivity index (χ0v) is 21.3. The van der Waals surface area contributed by atoms with Crippen molar-refractivity contribution in [3.63, 3.8) is 0 Å². The van der Waals surface area contributed by atoms with Crippen LogP contribution in [0.3, 0.4) is 0 Å². The Balaban J connectivity index is 1.70. The molecule has 1 amide bonds. The number of fused-ring (bicyclic) bond motifs is 1. The molecule has 0 spiro atoms. The van der Waals surface area contributed by atoms with Crippen LogP contribution in [0.15, 0.2) is 71.2 Å². The highest BCUT2D eigenvalue weighted by atomic mass is 16.5. The summed E-state index contributed by atoms with van der Waals surface area (Å²) in [4.78, 5) is 42.6. The summed E-state index contributed by atoms with van der Waals surface area (Å²) >= 11 is 0. The third kappa shape index (κ3) is 4.18. The predicted octanol–water partition coefficient (Wildman–Crippen LogP) is 3.27. The van der Waals surface area contributed by atoms with Gasteiger partial charge in [0, 0.05) is 23.8 Å². The van der Waals surface area contributed by atoms with Gasteiger partial charge in [-0.1, -0.05) is 30.3 Å². The van der Waals surface area contributed by atoms with E-state index in [1.807, 2.05) is 23.1 Å². The minimum Gasteiger partial charge on any atom is -0.466 e. The number of rotatable bonds is 5. The fraction of sp³-hybridized carbons (Fsp3) is 0.310. The number of amides is 1. The van der Waals surface area contributed by atoms with Crippen LogP contribution >= 0.6 is 0 Å². The molecule has 0 aromatic heterocycles. The second-order valence-electron chi connectivity index (χ2n) is 9.52. The van der Waals surface area contributed by atoms with Gasteiger partial charge in [0.1, 0.15) is 11.5 Å². The minimum absolute atomic E-state index is 0.0103. The predicted molar refractivity (Wildman–Crippen MR) is 139 cm³/mol. The van der Waals surface area contributed by atoms with Gasteiger partial charge in [0.2, 0.25) is 5.91 Å². The van der Waals surface area contributed by atoms with E-state index >= 15 is 0 Å². The van der Waals surface area contributed by atoms with Gasteiger partial charge < -0.3 is 20.1 Å². The molecule has 1 fully saturated rings. The van der Waals surface area contributed by atoms with Gasteiger partial charge in [-0.05, 0) is 55.0 Å². The van der Waals surface area contributed by atoms with E-state index in [1.54, 1.807) is 30.3 Å². The third-order valence-electron chi connectivity index (χ3n) is 7.24. The highest BCUT2D eigenvalue weighted by Gasteiger charge is 2.43. The third-order valence-corrected chi connectivity index (χ3v) is 7.24. The quantitative estimate of drug-likeness (QED) is 0.605. The normalized spacial score (nSPS) is 19.0. The summed E-state index contributed by atoms with van der Waals surface area (Å²) in [6.45, 7) is 0.657. The molecule has 2 heterocycles. The first-order valence-corrected chi connectivity index (χ1v) is 12.5. The van der Waals surface area contributed by atoms with Crippen molar-refractivity contribution in [3.05, 3.63) is 82.3 Å². The van der Waals surface area contributed by atoms with Crippen LogP contribution in [0.1, 0.15) is 36.3 Å². The Bertz CT molecular complexity index is 1420. The number of ether oxygens (including phenoxy) is 2. The number of allylic oxidation sites excluding steroid dienone is 1. The highest BCUT2D eigenvalue weighted by Crippen LogP contribution is 2.44. The van der Waals surface area contributed by atoms with Crippen LogP contribution in [-0.4, -0.2) is 38.6 Å². The number of benzene rings is 2. The Morgan fingerprint density at radius 3 is 2.37 bits per heavy atom. The first kappa shape index (κ1) is 25.1. The zero-order chi connectivity index (χ0) is 27.0. The van der Waals surface area contributed by atoms with Crippen molar-refractivity contribution in [1.82, 2.24) is 0 Å². The number of carbonyl (C=O) groups excluding carboxylic acids is 3. The fourth-order valence-corrected chi connectivity index (χ4v) is 5.28. The average molecular weight is 513 g/mol. The van der Waals surface area contributed by atoms with Crippen molar-refractivity contribution >= 4 is 29.2 Å². The van der Waals surface area contributed by atoms with Gasteiger partial charge in [-0.25, -0.2) is 9.59 Å². The first-order chi connectivity index (χ1) is 18.4. The van der Waals surface area contributed by atoms with E-state index in [0.29, 0.717) is 17.8 Å². The summed E-state index contributed by atoms with van der Waals surface area (Å²) < 4.78 is 10.2. The summed E-state index contributed by atoms with van der Waals surface area (Å²) in [5, 5.41) is 10.2. The SMILES string of the molecule is COC(=O)C1=C(C(=O)OC)N(c2ccc3c(c2)CCCN3C(=O)C2CC2)C(N)=C(C#N)C1c1ccccc1. The van der Waals surface area contributed by atoms with E-state index in [4.69, 9.17) is 15.2 Å². The average Bonchev–Trinajstić information content (AvgIpc) is 3.81. The molecule has 38 heavy (non-hydrogen) atoms. The Labute approximate surface area is 220 Å². The number of nitrogens with zero attached hydrogens (tertiary/aromatic N) is 3. The molecule has 1 unspecified atom stereocenters. The van der Waals surface area contributed by atoms with Crippen molar-refractivity contribution < 1.29 is 23.9 Å². The molecule has 2 aromatic carbocycles. The summed E-state index contributed by atoms with van der Waals surface area (Å²) in [5.74, 6) is -2.26. The van der Waals surface area contributed by atoms with Crippen LogP contribution in [0.2, 0.25) is 0 Å². The largest absolute Gasteiger partial charge is 0.466 e. The molecular weight excluding hydrogens is 484 g/mol. The second kappa shape index (κ2) is 10.1. The molecule has 9 nitrogen and oxygen atoms in total. The number of carbonyl (C=O) groups is 3. The smallest absolute Gasteiger partial charge is 0.355 e. The van der Waals surface area contributed by atoms with Crippen molar-refractivity contribution in [3.8, 4) is 6.07 Å². The Kier molecular flexibility index (Phi) is 6.64. The molecule has 2 aromatic rings. The molecule has 5 rings (SSSR count). The summed E-state index contributed by atoms with van der Waals surface area (Å²) in [5.41, 5.74) is 9.38.